The zero-order valence-electron chi connectivity index (χ0n) is 10.6. The van der Waals surface area contributed by atoms with Gasteiger partial charge in [-0.25, -0.2) is 0 Å². The molecule has 1 aromatic carbocycles. The first-order chi connectivity index (χ1) is 9.42. The van der Waals surface area contributed by atoms with E-state index in [2.05, 4.69) is 10.3 Å². The van der Waals surface area contributed by atoms with Gasteiger partial charge < -0.3 is 14.8 Å². The maximum atomic E-state index is 5.67. The minimum absolute atomic E-state index is 0.709. The molecule has 0 atom stereocenters. The number of pyridine rings is 1. The number of anilines is 1. The Morgan fingerprint density at radius 3 is 2.63 bits per heavy atom. The molecular weight excluding hydrogens is 240 g/mol. The quantitative estimate of drug-likeness (QED) is 0.917. The van der Waals surface area contributed by atoms with Crippen LogP contribution in [0.15, 0.2) is 42.7 Å². The summed E-state index contributed by atoms with van der Waals surface area (Å²) in [6, 6.07) is 9.94. The molecule has 0 spiro atoms. The third-order valence-corrected chi connectivity index (χ3v) is 2.99. The maximum absolute atomic E-state index is 5.67. The van der Waals surface area contributed by atoms with E-state index in [0.29, 0.717) is 6.61 Å². The predicted octanol–water partition coefficient (Wildman–Crippen LogP) is 2.86. The molecule has 0 saturated heterocycles. The van der Waals surface area contributed by atoms with E-state index in [9.17, 15) is 0 Å². The van der Waals surface area contributed by atoms with Crippen LogP contribution in [0.2, 0.25) is 0 Å². The van der Waals surface area contributed by atoms with Crippen molar-refractivity contribution in [3.8, 4) is 11.5 Å². The van der Waals surface area contributed by atoms with Crippen LogP contribution in [-0.2, 0) is 6.54 Å². The molecule has 4 heteroatoms. The van der Waals surface area contributed by atoms with Gasteiger partial charge in [-0.2, -0.15) is 0 Å². The van der Waals surface area contributed by atoms with Crippen molar-refractivity contribution in [2.75, 3.05) is 18.5 Å². The van der Waals surface area contributed by atoms with Crippen LogP contribution >= 0.6 is 0 Å². The molecule has 4 nitrogen and oxygen atoms in total. The second-order valence-corrected chi connectivity index (χ2v) is 4.42. The minimum Gasteiger partial charge on any atom is -0.490 e. The highest BCUT2D eigenvalue weighted by molar-refractivity contribution is 5.55. The molecule has 0 bridgehead atoms. The van der Waals surface area contributed by atoms with E-state index in [1.165, 1.54) is 5.56 Å². The monoisotopic (exact) mass is 256 g/mol. The maximum Gasteiger partial charge on any atom is 0.163 e. The Morgan fingerprint density at radius 2 is 1.79 bits per heavy atom. The Bertz CT molecular complexity index is 543. The van der Waals surface area contributed by atoms with Crippen molar-refractivity contribution >= 4 is 5.69 Å². The molecule has 3 rings (SSSR count). The molecule has 1 aliphatic rings. The lowest BCUT2D eigenvalue weighted by atomic mass is 10.2. The lowest BCUT2D eigenvalue weighted by Gasteiger charge is -2.11. The number of hydrogen-bond donors (Lipinski definition) is 1. The fourth-order valence-corrected chi connectivity index (χ4v) is 1.98. The third-order valence-electron chi connectivity index (χ3n) is 2.99. The molecule has 98 valence electrons. The molecular formula is C15H16N2O2. The van der Waals surface area contributed by atoms with Crippen LogP contribution in [-0.4, -0.2) is 18.2 Å². The van der Waals surface area contributed by atoms with Gasteiger partial charge in [-0.05, 0) is 29.8 Å². The number of fused-ring (bicyclic) bond motifs is 1. The van der Waals surface area contributed by atoms with E-state index in [-0.39, 0.29) is 0 Å². The van der Waals surface area contributed by atoms with Crippen LogP contribution in [0.4, 0.5) is 5.69 Å². The largest absolute Gasteiger partial charge is 0.490 e. The van der Waals surface area contributed by atoms with Crippen molar-refractivity contribution in [2.45, 2.75) is 13.0 Å². The van der Waals surface area contributed by atoms with E-state index in [0.717, 1.165) is 36.8 Å². The number of nitrogens with one attached hydrogen (secondary N) is 1. The first-order valence-corrected chi connectivity index (χ1v) is 6.44. The van der Waals surface area contributed by atoms with Gasteiger partial charge in [-0.15, -0.1) is 0 Å². The van der Waals surface area contributed by atoms with Crippen LogP contribution < -0.4 is 14.8 Å². The van der Waals surface area contributed by atoms with Crippen molar-refractivity contribution in [3.05, 3.63) is 48.3 Å². The smallest absolute Gasteiger partial charge is 0.163 e. The number of rotatable bonds is 3. The Hall–Kier alpha value is -2.23. The molecule has 0 aliphatic carbocycles. The van der Waals surface area contributed by atoms with Crippen molar-refractivity contribution in [2.24, 2.45) is 0 Å². The zero-order chi connectivity index (χ0) is 12.9. The van der Waals surface area contributed by atoms with Crippen LogP contribution in [0.1, 0.15) is 12.0 Å². The van der Waals surface area contributed by atoms with E-state index in [1.54, 1.807) is 12.4 Å². The van der Waals surface area contributed by atoms with Gasteiger partial charge in [-0.1, -0.05) is 0 Å². The number of benzene rings is 1. The van der Waals surface area contributed by atoms with E-state index in [4.69, 9.17) is 9.47 Å². The van der Waals surface area contributed by atoms with Gasteiger partial charge in [0.2, 0.25) is 0 Å². The van der Waals surface area contributed by atoms with E-state index in [1.807, 2.05) is 30.3 Å². The molecule has 0 amide bonds. The second-order valence-electron chi connectivity index (χ2n) is 4.42. The van der Waals surface area contributed by atoms with Gasteiger partial charge in [0.05, 0.1) is 13.2 Å². The number of hydrogen-bond acceptors (Lipinski definition) is 4. The Balaban J connectivity index is 1.70. The molecule has 0 radical (unpaired) electrons. The highest BCUT2D eigenvalue weighted by Crippen LogP contribution is 2.32. The molecule has 2 heterocycles. The van der Waals surface area contributed by atoms with Gasteiger partial charge in [-0.3, -0.25) is 4.98 Å². The Kier molecular flexibility index (Phi) is 3.49. The van der Waals surface area contributed by atoms with Crippen LogP contribution in [0, 0.1) is 0 Å². The molecule has 1 N–H and O–H groups in total. The normalized spacial score (nSPS) is 13.7. The fourth-order valence-electron chi connectivity index (χ4n) is 1.98. The first-order valence-electron chi connectivity index (χ1n) is 6.44. The summed E-state index contributed by atoms with van der Waals surface area (Å²) in [7, 11) is 0. The third kappa shape index (κ3) is 2.96. The summed E-state index contributed by atoms with van der Waals surface area (Å²) in [5.74, 6) is 1.64. The summed E-state index contributed by atoms with van der Waals surface area (Å²) < 4.78 is 11.3. The summed E-state index contributed by atoms with van der Waals surface area (Å²) >= 11 is 0. The van der Waals surface area contributed by atoms with Crippen LogP contribution in [0.3, 0.4) is 0 Å². The SMILES string of the molecule is c1cc(CNc2ccc3c(c2)OCCCO3)ccn1. The molecule has 0 unspecified atom stereocenters. The average Bonchev–Trinajstić information content (AvgIpc) is 2.71. The number of aromatic nitrogens is 1. The second kappa shape index (κ2) is 5.61. The molecule has 19 heavy (non-hydrogen) atoms. The van der Waals surface area contributed by atoms with Crippen molar-refractivity contribution < 1.29 is 9.47 Å². The van der Waals surface area contributed by atoms with Crippen molar-refractivity contribution in [1.82, 2.24) is 4.98 Å². The molecule has 2 aromatic rings. The topological polar surface area (TPSA) is 43.4 Å². The molecule has 1 aliphatic heterocycles. The van der Waals surface area contributed by atoms with Crippen molar-refractivity contribution in [1.29, 1.82) is 0 Å². The summed E-state index contributed by atoms with van der Waals surface area (Å²) in [6.07, 6.45) is 4.52. The standard InChI is InChI=1S/C15H16N2O2/c1-8-18-14-3-2-13(10-15(14)19-9-1)17-11-12-4-6-16-7-5-12/h2-7,10,17H,1,8-9,11H2. The summed E-state index contributed by atoms with van der Waals surface area (Å²) in [5, 5.41) is 3.37. The zero-order valence-corrected chi connectivity index (χ0v) is 10.6. The van der Waals surface area contributed by atoms with Gasteiger partial charge in [0.25, 0.3) is 0 Å². The predicted molar refractivity (Wildman–Crippen MR) is 73.6 cm³/mol. The van der Waals surface area contributed by atoms with Gasteiger partial charge in [0.15, 0.2) is 11.5 Å². The number of ether oxygens (including phenoxy) is 2. The average molecular weight is 256 g/mol. The number of nitrogens with zero attached hydrogens (tertiary/aromatic N) is 1. The lowest BCUT2D eigenvalue weighted by Crippen LogP contribution is -2.00. The molecule has 0 saturated carbocycles. The van der Waals surface area contributed by atoms with Gasteiger partial charge >= 0.3 is 0 Å². The summed E-state index contributed by atoms with van der Waals surface area (Å²) in [5.41, 5.74) is 2.23. The van der Waals surface area contributed by atoms with Crippen molar-refractivity contribution in [3.63, 3.8) is 0 Å². The minimum atomic E-state index is 0.709. The Morgan fingerprint density at radius 1 is 1.00 bits per heavy atom. The lowest BCUT2D eigenvalue weighted by molar-refractivity contribution is 0.297. The molecule has 0 fully saturated rings. The van der Waals surface area contributed by atoms with E-state index < -0.39 is 0 Å². The van der Waals surface area contributed by atoms with Gasteiger partial charge in [0, 0.05) is 37.1 Å². The fraction of sp³-hybridized carbons (Fsp3) is 0.267. The summed E-state index contributed by atoms with van der Waals surface area (Å²) in [4.78, 5) is 4.00. The molecule has 1 aromatic heterocycles. The summed E-state index contributed by atoms with van der Waals surface area (Å²) in [6.45, 7) is 2.19. The van der Waals surface area contributed by atoms with Crippen LogP contribution in [0.25, 0.3) is 0 Å². The Labute approximate surface area is 112 Å². The highest BCUT2D eigenvalue weighted by Gasteiger charge is 2.10. The highest BCUT2D eigenvalue weighted by atomic mass is 16.5. The van der Waals surface area contributed by atoms with Crippen LogP contribution in [0.5, 0.6) is 11.5 Å². The van der Waals surface area contributed by atoms with E-state index >= 15 is 0 Å². The first kappa shape index (κ1) is 11.8. The van der Waals surface area contributed by atoms with Gasteiger partial charge in [0.1, 0.15) is 0 Å².